The Kier molecular flexibility index (Phi) is 4.92. The highest BCUT2D eigenvalue weighted by Crippen LogP contribution is 2.43. The number of nitrogens with one attached hydrogen (secondary N) is 1. The van der Waals surface area contributed by atoms with E-state index in [-0.39, 0.29) is 0 Å². The van der Waals surface area contributed by atoms with E-state index < -0.39 is 0 Å². The lowest BCUT2D eigenvalue weighted by molar-refractivity contribution is -0.0542. The summed E-state index contributed by atoms with van der Waals surface area (Å²) in [6.07, 6.45) is 9.77. The van der Waals surface area contributed by atoms with Gasteiger partial charge in [-0.25, -0.2) is 0 Å². The third kappa shape index (κ3) is 3.80. The van der Waals surface area contributed by atoms with Crippen LogP contribution in [0.1, 0.15) is 65.7 Å². The lowest BCUT2D eigenvalue weighted by atomic mass is 9.98. The Morgan fingerprint density at radius 1 is 1.24 bits per heavy atom. The molecule has 1 N–H and O–H groups in total. The largest absolute Gasteiger partial charge is 0.370 e. The smallest absolute Gasteiger partial charge is 0.0710 e. The van der Waals surface area contributed by atoms with Gasteiger partial charge in [0.1, 0.15) is 0 Å². The maximum Gasteiger partial charge on any atom is 0.0710 e. The lowest BCUT2D eigenvalue weighted by Crippen LogP contribution is -2.57. The standard InChI is InChI=1S/C18H34N2O/c1-14(2)10-16-12-20(15(3)11-19-16)13-17-6-9-18(21-17)7-4-5-8-18/h14-17,19H,4-13H2,1-3H3. The molecule has 122 valence electrons. The number of hydrogen-bond donors (Lipinski definition) is 1. The molecule has 0 bridgehead atoms. The van der Waals surface area contributed by atoms with Crippen LogP contribution >= 0.6 is 0 Å². The van der Waals surface area contributed by atoms with Crippen molar-refractivity contribution < 1.29 is 4.74 Å². The van der Waals surface area contributed by atoms with E-state index in [9.17, 15) is 0 Å². The molecule has 3 heteroatoms. The van der Waals surface area contributed by atoms with Crippen molar-refractivity contribution >= 4 is 0 Å². The van der Waals surface area contributed by atoms with Gasteiger partial charge in [0.2, 0.25) is 0 Å². The molecule has 3 fully saturated rings. The fraction of sp³-hybridized carbons (Fsp3) is 1.00. The first kappa shape index (κ1) is 15.8. The van der Waals surface area contributed by atoms with Crippen LogP contribution in [0.4, 0.5) is 0 Å². The molecule has 0 amide bonds. The second kappa shape index (κ2) is 6.55. The molecular weight excluding hydrogens is 260 g/mol. The average Bonchev–Trinajstić information content (AvgIpc) is 3.04. The van der Waals surface area contributed by atoms with Gasteiger partial charge in [-0.1, -0.05) is 26.7 Å². The van der Waals surface area contributed by atoms with Crippen LogP contribution in [-0.2, 0) is 4.74 Å². The van der Waals surface area contributed by atoms with E-state index in [0.717, 1.165) is 19.0 Å². The monoisotopic (exact) mass is 294 g/mol. The highest BCUT2D eigenvalue weighted by atomic mass is 16.5. The van der Waals surface area contributed by atoms with Crippen LogP contribution in [0, 0.1) is 5.92 Å². The molecule has 0 aromatic rings. The summed E-state index contributed by atoms with van der Waals surface area (Å²) in [7, 11) is 0. The molecule has 1 saturated carbocycles. The van der Waals surface area contributed by atoms with E-state index >= 15 is 0 Å². The summed E-state index contributed by atoms with van der Waals surface area (Å²) in [5, 5.41) is 3.72. The van der Waals surface area contributed by atoms with E-state index in [2.05, 4.69) is 31.0 Å². The van der Waals surface area contributed by atoms with E-state index in [1.54, 1.807) is 0 Å². The minimum atomic E-state index is 0.291. The van der Waals surface area contributed by atoms with Crippen LogP contribution in [0.25, 0.3) is 0 Å². The molecule has 3 rings (SSSR count). The zero-order valence-electron chi connectivity index (χ0n) is 14.2. The van der Waals surface area contributed by atoms with Crippen molar-refractivity contribution in [2.45, 2.75) is 89.5 Å². The van der Waals surface area contributed by atoms with Crippen LogP contribution in [0.2, 0.25) is 0 Å². The van der Waals surface area contributed by atoms with Gasteiger partial charge in [-0.2, -0.15) is 0 Å². The van der Waals surface area contributed by atoms with Crippen molar-refractivity contribution in [2.75, 3.05) is 19.6 Å². The van der Waals surface area contributed by atoms with Crippen LogP contribution < -0.4 is 5.32 Å². The molecule has 2 saturated heterocycles. The van der Waals surface area contributed by atoms with E-state index in [0.29, 0.717) is 23.8 Å². The zero-order chi connectivity index (χ0) is 14.9. The van der Waals surface area contributed by atoms with Crippen molar-refractivity contribution in [3.05, 3.63) is 0 Å². The first-order valence-electron chi connectivity index (χ1n) is 9.21. The predicted molar refractivity (Wildman–Crippen MR) is 87.6 cm³/mol. The van der Waals surface area contributed by atoms with Crippen LogP contribution in [0.15, 0.2) is 0 Å². The molecule has 3 unspecified atom stereocenters. The zero-order valence-corrected chi connectivity index (χ0v) is 14.2. The minimum Gasteiger partial charge on any atom is -0.370 e. The van der Waals surface area contributed by atoms with Crippen molar-refractivity contribution in [2.24, 2.45) is 5.92 Å². The van der Waals surface area contributed by atoms with E-state index in [4.69, 9.17) is 4.74 Å². The highest BCUT2D eigenvalue weighted by molar-refractivity contribution is 4.95. The Bertz CT molecular complexity index is 338. The van der Waals surface area contributed by atoms with Crippen LogP contribution in [0.5, 0.6) is 0 Å². The SMILES string of the molecule is CC(C)CC1CN(CC2CCC3(CCCC3)O2)C(C)CN1. The first-order valence-corrected chi connectivity index (χ1v) is 9.21. The number of nitrogens with zero attached hydrogens (tertiary/aromatic N) is 1. The van der Waals surface area contributed by atoms with Gasteiger partial charge in [0, 0.05) is 31.7 Å². The number of hydrogen-bond acceptors (Lipinski definition) is 3. The molecule has 21 heavy (non-hydrogen) atoms. The quantitative estimate of drug-likeness (QED) is 0.862. The molecule has 0 radical (unpaired) electrons. The molecule has 2 aliphatic heterocycles. The fourth-order valence-electron chi connectivity index (χ4n) is 4.65. The molecule has 3 aliphatic rings. The topological polar surface area (TPSA) is 24.5 Å². The van der Waals surface area contributed by atoms with Gasteiger partial charge in [-0.3, -0.25) is 4.90 Å². The van der Waals surface area contributed by atoms with Crippen molar-refractivity contribution in [3.63, 3.8) is 0 Å². The summed E-state index contributed by atoms with van der Waals surface area (Å²) in [5.74, 6) is 0.780. The van der Waals surface area contributed by atoms with Gasteiger partial charge in [0.05, 0.1) is 11.7 Å². The Morgan fingerprint density at radius 3 is 2.71 bits per heavy atom. The van der Waals surface area contributed by atoms with Crippen LogP contribution in [-0.4, -0.2) is 48.3 Å². The summed E-state index contributed by atoms with van der Waals surface area (Å²) in [6, 6.07) is 1.32. The third-order valence-electron chi connectivity index (χ3n) is 5.83. The summed E-state index contributed by atoms with van der Waals surface area (Å²) in [5.41, 5.74) is 0.291. The number of rotatable bonds is 4. The molecule has 2 heterocycles. The lowest BCUT2D eigenvalue weighted by Gasteiger charge is -2.40. The van der Waals surface area contributed by atoms with Gasteiger partial charge in [-0.15, -0.1) is 0 Å². The van der Waals surface area contributed by atoms with E-state index in [1.807, 2.05) is 0 Å². The van der Waals surface area contributed by atoms with E-state index in [1.165, 1.54) is 51.5 Å². The van der Waals surface area contributed by atoms with Crippen molar-refractivity contribution in [3.8, 4) is 0 Å². The summed E-state index contributed by atoms with van der Waals surface area (Å²) in [4.78, 5) is 2.68. The van der Waals surface area contributed by atoms with Gasteiger partial charge in [0.25, 0.3) is 0 Å². The van der Waals surface area contributed by atoms with Gasteiger partial charge in [0.15, 0.2) is 0 Å². The first-order chi connectivity index (χ1) is 10.1. The average molecular weight is 294 g/mol. The minimum absolute atomic E-state index is 0.291. The maximum absolute atomic E-state index is 6.52. The second-order valence-electron chi connectivity index (χ2n) is 8.21. The summed E-state index contributed by atoms with van der Waals surface area (Å²) in [6.45, 7) is 10.5. The Hall–Kier alpha value is -0.120. The summed E-state index contributed by atoms with van der Waals surface area (Å²) >= 11 is 0. The predicted octanol–water partition coefficient (Wildman–Crippen LogP) is 3.19. The Morgan fingerprint density at radius 2 is 2.00 bits per heavy atom. The van der Waals surface area contributed by atoms with Crippen LogP contribution in [0.3, 0.4) is 0 Å². The molecule has 0 aromatic heterocycles. The highest BCUT2D eigenvalue weighted by Gasteiger charge is 2.43. The van der Waals surface area contributed by atoms with Gasteiger partial charge >= 0.3 is 0 Å². The molecule has 0 aromatic carbocycles. The number of ether oxygens (including phenoxy) is 1. The number of piperazine rings is 1. The van der Waals surface area contributed by atoms with Crippen molar-refractivity contribution in [1.82, 2.24) is 10.2 Å². The molecule has 3 nitrogen and oxygen atoms in total. The third-order valence-corrected chi connectivity index (χ3v) is 5.83. The molecule has 3 atom stereocenters. The maximum atomic E-state index is 6.52. The Balaban J connectivity index is 1.51. The van der Waals surface area contributed by atoms with Gasteiger partial charge < -0.3 is 10.1 Å². The normalized spacial score (nSPS) is 36.9. The van der Waals surface area contributed by atoms with Crippen molar-refractivity contribution in [1.29, 1.82) is 0 Å². The van der Waals surface area contributed by atoms with Gasteiger partial charge in [-0.05, 0) is 44.9 Å². The molecule has 1 spiro atoms. The molecular formula is C18H34N2O. The summed E-state index contributed by atoms with van der Waals surface area (Å²) < 4.78 is 6.52. The Labute approximate surface area is 130 Å². The molecule has 1 aliphatic carbocycles. The second-order valence-corrected chi connectivity index (χ2v) is 8.21. The fourth-order valence-corrected chi connectivity index (χ4v) is 4.65.